The maximum absolute atomic E-state index is 12.5. The first-order valence-electron chi connectivity index (χ1n) is 8.41. The molecule has 0 aliphatic rings. The second kappa shape index (κ2) is 7.13. The molecule has 0 saturated heterocycles. The molecule has 0 aliphatic carbocycles. The van der Waals surface area contributed by atoms with Crippen molar-refractivity contribution in [1.29, 1.82) is 0 Å². The minimum Gasteiger partial charge on any atom is -0.298 e. The lowest BCUT2D eigenvalue weighted by Gasteiger charge is -2.06. The predicted octanol–water partition coefficient (Wildman–Crippen LogP) is 4.26. The van der Waals surface area contributed by atoms with Crippen LogP contribution >= 0.6 is 11.3 Å². The van der Waals surface area contributed by atoms with Gasteiger partial charge in [-0.15, -0.1) is 11.3 Å². The van der Waals surface area contributed by atoms with E-state index in [0.29, 0.717) is 10.7 Å². The zero-order valence-corrected chi connectivity index (χ0v) is 15.7. The average molecular weight is 375 g/mol. The van der Waals surface area contributed by atoms with Gasteiger partial charge in [0.05, 0.1) is 17.1 Å². The molecule has 6 nitrogen and oxygen atoms in total. The fourth-order valence-corrected chi connectivity index (χ4v) is 3.51. The Hall–Kier alpha value is -3.32. The van der Waals surface area contributed by atoms with E-state index < -0.39 is 0 Å². The first kappa shape index (κ1) is 17.1. The zero-order valence-electron chi connectivity index (χ0n) is 14.9. The molecule has 0 bridgehead atoms. The van der Waals surface area contributed by atoms with Crippen LogP contribution in [-0.2, 0) is 0 Å². The number of nitrogens with one attached hydrogen (secondary N) is 1. The summed E-state index contributed by atoms with van der Waals surface area (Å²) in [6.45, 7) is 3.96. The minimum atomic E-state index is -0.193. The van der Waals surface area contributed by atoms with Crippen molar-refractivity contribution < 1.29 is 4.79 Å². The van der Waals surface area contributed by atoms with Gasteiger partial charge in [0.25, 0.3) is 5.91 Å². The standard InChI is InChI=1S/C20H17N5OS/c1-13-10-14(2)25(24-13)17-7-5-15(6-8-17)19(26)23-20-22-18(12-27-20)16-4-3-9-21-11-16/h3-12H,1-2H3,(H,22,23,26). The Bertz CT molecular complexity index is 1080. The van der Waals surface area contributed by atoms with E-state index in [0.717, 1.165) is 28.3 Å². The van der Waals surface area contributed by atoms with E-state index in [4.69, 9.17) is 0 Å². The molecule has 3 aromatic heterocycles. The van der Waals surface area contributed by atoms with Gasteiger partial charge in [-0.1, -0.05) is 0 Å². The van der Waals surface area contributed by atoms with E-state index in [-0.39, 0.29) is 5.91 Å². The van der Waals surface area contributed by atoms with Gasteiger partial charge in [0.15, 0.2) is 5.13 Å². The number of aryl methyl sites for hydroxylation is 2. The van der Waals surface area contributed by atoms with E-state index in [2.05, 4.69) is 20.4 Å². The molecule has 0 atom stereocenters. The summed E-state index contributed by atoms with van der Waals surface area (Å²) in [7, 11) is 0. The largest absolute Gasteiger partial charge is 0.298 e. The van der Waals surface area contributed by atoms with Crippen LogP contribution in [0.15, 0.2) is 60.2 Å². The van der Waals surface area contributed by atoms with Crippen LogP contribution in [-0.4, -0.2) is 25.7 Å². The number of aromatic nitrogens is 4. The molecular weight excluding hydrogens is 358 g/mol. The number of benzene rings is 1. The number of carbonyl (C=O) groups is 1. The normalized spacial score (nSPS) is 10.7. The smallest absolute Gasteiger partial charge is 0.257 e. The van der Waals surface area contributed by atoms with Gasteiger partial charge >= 0.3 is 0 Å². The summed E-state index contributed by atoms with van der Waals surface area (Å²) in [5.74, 6) is -0.193. The molecule has 27 heavy (non-hydrogen) atoms. The molecule has 1 aromatic carbocycles. The minimum absolute atomic E-state index is 0.193. The molecule has 7 heteroatoms. The molecule has 0 radical (unpaired) electrons. The van der Waals surface area contributed by atoms with E-state index >= 15 is 0 Å². The lowest BCUT2D eigenvalue weighted by Crippen LogP contribution is -2.12. The van der Waals surface area contributed by atoms with E-state index in [1.165, 1.54) is 11.3 Å². The number of rotatable bonds is 4. The van der Waals surface area contributed by atoms with Crippen molar-refractivity contribution in [2.45, 2.75) is 13.8 Å². The summed E-state index contributed by atoms with van der Waals surface area (Å²) in [5.41, 5.74) is 5.22. The summed E-state index contributed by atoms with van der Waals surface area (Å²) in [5, 5.41) is 9.76. The van der Waals surface area contributed by atoms with E-state index in [1.54, 1.807) is 24.5 Å². The quantitative estimate of drug-likeness (QED) is 0.578. The highest BCUT2D eigenvalue weighted by Gasteiger charge is 2.11. The molecule has 0 aliphatic heterocycles. The maximum atomic E-state index is 12.5. The molecule has 4 rings (SSSR count). The summed E-state index contributed by atoms with van der Waals surface area (Å²) in [4.78, 5) is 21.0. The van der Waals surface area contributed by atoms with Gasteiger partial charge in [0.1, 0.15) is 0 Å². The van der Waals surface area contributed by atoms with Crippen LogP contribution in [0, 0.1) is 13.8 Å². The van der Waals surface area contributed by atoms with Crippen molar-refractivity contribution in [3.63, 3.8) is 0 Å². The van der Waals surface area contributed by atoms with Crippen molar-refractivity contribution >= 4 is 22.4 Å². The van der Waals surface area contributed by atoms with E-state index in [9.17, 15) is 4.79 Å². The molecule has 4 aromatic rings. The summed E-state index contributed by atoms with van der Waals surface area (Å²) >= 11 is 1.39. The van der Waals surface area contributed by atoms with Gasteiger partial charge in [-0.05, 0) is 56.3 Å². The van der Waals surface area contributed by atoms with Crippen LogP contribution in [0.4, 0.5) is 5.13 Å². The number of nitrogens with zero attached hydrogens (tertiary/aromatic N) is 4. The Morgan fingerprint density at radius 3 is 2.63 bits per heavy atom. The third-order valence-electron chi connectivity index (χ3n) is 4.07. The van der Waals surface area contributed by atoms with Crippen molar-refractivity contribution in [3.05, 3.63) is 77.2 Å². The lowest BCUT2D eigenvalue weighted by atomic mass is 10.2. The number of pyridine rings is 1. The summed E-state index contributed by atoms with van der Waals surface area (Å²) < 4.78 is 1.86. The number of thiazole rings is 1. The third-order valence-corrected chi connectivity index (χ3v) is 4.82. The number of anilines is 1. The Morgan fingerprint density at radius 2 is 1.96 bits per heavy atom. The molecule has 0 saturated carbocycles. The molecule has 1 amide bonds. The topological polar surface area (TPSA) is 72.7 Å². The van der Waals surface area contributed by atoms with Crippen LogP contribution < -0.4 is 5.32 Å². The second-order valence-electron chi connectivity index (χ2n) is 6.12. The third kappa shape index (κ3) is 3.63. The number of carbonyl (C=O) groups excluding carboxylic acids is 1. The molecule has 0 fully saturated rings. The molecule has 0 unspecified atom stereocenters. The van der Waals surface area contributed by atoms with Crippen LogP contribution in [0.3, 0.4) is 0 Å². The van der Waals surface area contributed by atoms with Crippen molar-refractivity contribution in [3.8, 4) is 16.9 Å². The van der Waals surface area contributed by atoms with Gasteiger partial charge in [0.2, 0.25) is 0 Å². The Morgan fingerprint density at radius 1 is 1.15 bits per heavy atom. The maximum Gasteiger partial charge on any atom is 0.257 e. The number of hydrogen-bond acceptors (Lipinski definition) is 5. The summed E-state index contributed by atoms with van der Waals surface area (Å²) in [6.07, 6.45) is 3.46. The molecule has 134 valence electrons. The zero-order chi connectivity index (χ0) is 18.8. The average Bonchev–Trinajstić information content (AvgIpc) is 3.28. The first-order valence-corrected chi connectivity index (χ1v) is 9.29. The van der Waals surface area contributed by atoms with Gasteiger partial charge in [-0.25, -0.2) is 9.67 Å². The van der Waals surface area contributed by atoms with Crippen molar-refractivity contribution in [1.82, 2.24) is 19.7 Å². The number of amides is 1. The second-order valence-corrected chi connectivity index (χ2v) is 6.98. The number of hydrogen-bond donors (Lipinski definition) is 1. The monoisotopic (exact) mass is 375 g/mol. The van der Waals surface area contributed by atoms with Crippen LogP contribution in [0.1, 0.15) is 21.7 Å². The molecular formula is C20H17N5OS. The van der Waals surface area contributed by atoms with Crippen LogP contribution in [0.25, 0.3) is 16.9 Å². The molecule has 3 heterocycles. The van der Waals surface area contributed by atoms with Gasteiger partial charge in [0, 0.05) is 34.6 Å². The predicted molar refractivity (Wildman–Crippen MR) is 106 cm³/mol. The van der Waals surface area contributed by atoms with Crippen molar-refractivity contribution in [2.24, 2.45) is 0 Å². The van der Waals surface area contributed by atoms with Crippen LogP contribution in [0.5, 0.6) is 0 Å². The molecule has 0 spiro atoms. The fourth-order valence-electron chi connectivity index (χ4n) is 2.79. The Labute approximate surface area is 160 Å². The Balaban J connectivity index is 1.49. The Kier molecular flexibility index (Phi) is 4.52. The van der Waals surface area contributed by atoms with E-state index in [1.807, 2.05) is 54.2 Å². The highest BCUT2D eigenvalue weighted by molar-refractivity contribution is 7.14. The fraction of sp³-hybridized carbons (Fsp3) is 0.100. The van der Waals surface area contributed by atoms with Gasteiger partial charge in [-0.3, -0.25) is 15.1 Å². The van der Waals surface area contributed by atoms with Crippen molar-refractivity contribution in [2.75, 3.05) is 5.32 Å². The summed E-state index contributed by atoms with van der Waals surface area (Å²) in [6, 6.07) is 13.2. The van der Waals surface area contributed by atoms with Gasteiger partial charge < -0.3 is 0 Å². The molecule has 1 N–H and O–H groups in total. The lowest BCUT2D eigenvalue weighted by molar-refractivity contribution is 0.102. The van der Waals surface area contributed by atoms with Crippen LogP contribution in [0.2, 0.25) is 0 Å². The highest BCUT2D eigenvalue weighted by Crippen LogP contribution is 2.24. The highest BCUT2D eigenvalue weighted by atomic mass is 32.1. The SMILES string of the molecule is Cc1cc(C)n(-c2ccc(C(=O)Nc3nc(-c4cccnc4)cs3)cc2)n1. The first-order chi connectivity index (χ1) is 13.1. The van der Waals surface area contributed by atoms with Gasteiger partial charge in [-0.2, -0.15) is 5.10 Å².